The van der Waals surface area contributed by atoms with E-state index in [1.165, 1.54) is 10.4 Å². The van der Waals surface area contributed by atoms with E-state index in [-0.39, 0.29) is 23.9 Å². The highest BCUT2D eigenvalue weighted by Crippen LogP contribution is 2.24. The van der Waals surface area contributed by atoms with Gasteiger partial charge in [-0.2, -0.15) is 9.40 Å². The van der Waals surface area contributed by atoms with Gasteiger partial charge in [0.2, 0.25) is 15.9 Å². The maximum atomic E-state index is 13.0. The first-order valence-electron chi connectivity index (χ1n) is 9.35. The van der Waals surface area contributed by atoms with E-state index in [1.54, 1.807) is 43.7 Å². The van der Waals surface area contributed by atoms with Gasteiger partial charge in [-0.15, -0.1) is 0 Å². The number of hydrogen-bond acceptors (Lipinski definition) is 5. The van der Waals surface area contributed by atoms with E-state index < -0.39 is 10.0 Å². The van der Waals surface area contributed by atoms with E-state index >= 15 is 0 Å². The minimum Gasteiger partial charge on any atom is -0.497 e. The molecule has 1 aromatic heterocycles. The molecule has 1 amide bonds. The molecule has 2 heterocycles. The second-order valence-electron chi connectivity index (χ2n) is 6.96. The third kappa shape index (κ3) is 4.35. The first-order chi connectivity index (χ1) is 13.7. The average Bonchev–Trinajstić information content (AvgIpc) is 2.98. The summed E-state index contributed by atoms with van der Waals surface area (Å²) in [6, 6.07) is 7.39. The number of carbonyl (C=O) groups excluding carboxylic acids is 1. The fraction of sp³-hybridized carbons (Fsp3) is 0.400. The summed E-state index contributed by atoms with van der Waals surface area (Å²) >= 11 is 0. The van der Waals surface area contributed by atoms with Crippen molar-refractivity contribution in [2.75, 3.05) is 33.3 Å². The van der Waals surface area contributed by atoms with E-state index in [1.807, 2.05) is 24.3 Å². The Morgan fingerprint density at radius 3 is 2.24 bits per heavy atom. The van der Waals surface area contributed by atoms with Gasteiger partial charge >= 0.3 is 0 Å². The predicted octanol–water partition coefficient (Wildman–Crippen LogP) is 1.59. The Labute approximate surface area is 171 Å². The smallest absolute Gasteiger partial charge is 0.246 e. The van der Waals surface area contributed by atoms with Gasteiger partial charge in [0.15, 0.2) is 0 Å². The van der Waals surface area contributed by atoms with Crippen LogP contribution in [0.15, 0.2) is 35.2 Å². The monoisotopic (exact) mass is 418 g/mol. The molecule has 1 fully saturated rings. The number of amides is 1. The number of rotatable bonds is 5. The van der Waals surface area contributed by atoms with Crippen LogP contribution in [0.3, 0.4) is 0 Å². The lowest BCUT2D eigenvalue weighted by molar-refractivity contribution is -0.127. The molecule has 0 spiro atoms. The Morgan fingerprint density at radius 1 is 1.10 bits per heavy atom. The summed E-state index contributed by atoms with van der Waals surface area (Å²) < 4.78 is 34.2. The summed E-state index contributed by atoms with van der Waals surface area (Å²) in [5, 5.41) is 4.21. The van der Waals surface area contributed by atoms with Gasteiger partial charge in [0.1, 0.15) is 10.6 Å². The molecule has 0 unspecified atom stereocenters. The predicted molar refractivity (Wildman–Crippen MR) is 110 cm³/mol. The minimum atomic E-state index is -3.63. The summed E-state index contributed by atoms with van der Waals surface area (Å²) in [5.41, 5.74) is 2.00. The van der Waals surface area contributed by atoms with Crippen LogP contribution in [0.1, 0.15) is 17.0 Å². The van der Waals surface area contributed by atoms with Crippen LogP contribution in [-0.4, -0.2) is 66.6 Å². The maximum absolute atomic E-state index is 13.0. The molecule has 0 atom stereocenters. The molecule has 2 aromatic rings. The van der Waals surface area contributed by atoms with Gasteiger partial charge in [-0.05, 0) is 37.6 Å². The van der Waals surface area contributed by atoms with Crippen molar-refractivity contribution in [1.82, 2.24) is 19.0 Å². The van der Waals surface area contributed by atoms with Crippen LogP contribution in [-0.2, 0) is 21.9 Å². The number of benzene rings is 1. The lowest BCUT2D eigenvalue weighted by Crippen LogP contribution is -2.50. The molecule has 29 heavy (non-hydrogen) atoms. The summed E-state index contributed by atoms with van der Waals surface area (Å²) in [5.74, 6) is 0.622. The van der Waals surface area contributed by atoms with Crippen LogP contribution in [0.5, 0.6) is 5.75 Å². The van der Waals surface area contributed by atoms with Crippen LogP contribution in [0.25, 0.3) is 6.08 Å². The van der Waals surface area contributed by atoms with Gasteiger partial charge in [-0.25, -0.2) is 8.42 Å². The molecule has 1 aliphatic heterocycles. The quantitative estimate of drug-likeness (QED) is 0.689. The molecule has 8 nitrogen and oxygen atoms in total. The second kappa shape index (κ2) is 8.38. The number of aryl methyl sites for hydroxylation is 2. The number of ether oxygens (including phenoxy) is 1. The van der Waals surface area contributed by atoms with Crippen LogP contribution >= 0.6 is 0 Å². The summed E-state index contributed by atoms with van der Waals surface area (Å²) in [4.78, 5) is 14.4. The van der Waals surface area contributed by atoms with Gasteiger partial charge < -0.3 is 9.64 Å². The molecule has 1 saturated heterocycles. The van der Waals surface area contributed by atoms with Crippen molar-refractivity contribution in [2.45, 2.75) is 18.7 Å². The standard InChI is InChI=1S/C20H26N4O4S/c1-15-20(16(2)22(3)21-15)29(26,27)24-13-11-23(12-14-24)19(25)10-7-17-5-8-18(28-4)9-6-17/h5-10H,11-14H2,1-4H3/b10-7+. The second-order valence-corrected chi connectivity index (χ2v) is 8.83. The molecule has 9 heteroatoms. The SMILES string of the molecule is COc1ccc(/C=C/C(=O)N2CCN(S(=O)(=O)c3c(C)nn(C)c3C)CC2)cc1. The fourth-order valence-electron chi connectivity index (χ4n) is 3.39. The molecule has 1 aromatic carbocycles. The molecular weight excluding hydrogens is 392 g/mol. The molecule has 156 valence electrons. The van der Waals surface area contributed by atoms with Crippen molar-refractivity contribution in [3.63, 3.8) is 0 Å². The maximum Gasteiger partial charge on any atom is 0.246 e. The van der Waals surface area contributed by atoms with Crippen molar-refractivity contribution in [3.05, 3.63) is 47.3 Å². The molecule has 1 aliphatic rings. The molecular formula is C20H26N4O4S. The largest absolute Gasteiger partial charge is 0.497 e. The molecule has 0 radical (unpaired) electrons. The van der Waals surface area contributed by atoms with Gasteiger partial charge in [-0.1, -0.05) is 12.1 Å². The number of carbonyl (C=O) groups is 1. The summed E-state index contributed by atoms with van der Waals surface area (Å²) in [7, 11) is -0.300. The number of sulfonamides is 1. The number of nitrogens with zero attached hydrogens (tertiary/aromatic N) is 4. The molecule has 0 bridgehead atoms. The van der Waals surface area contributed by atoms with Crippen molar-refractivity contribution in [3.8, 4) is 5.75 Å². The van der Waals surface area contributed by atoms with Crippen molar-refractivity contribution >= 4 is 22.0 Å². The van der Waals surface area contributed by atoms with E-state index in [2.05, 4.69) is 5.10 Å². The minimum absolute atomic E-state index is 0.133. The fourth-order valence-corrected chi connectivity index (χ4v) is 5.22. The Morgan fingerprint density at radius 2 is 1.72 bits per heavy atom. The van der Waals surface area contributed by atoms with E-state index in [9.17, 15) is 13.2 Å². The normalized spacial score (nSPS) is 15.8. The Bertz CT molecular complexity index is 1020. The Kier molecular flexibility index (Phi) is 6.09. The van der Waals surface area contributed by atoms with E-state index in [0.29, 0.717) is 24.5 Å². The Balaban J connectivity index is 1.63. The highest BCUT2D eigenvalue weighted by atomic mass is 32.2. The first-order valence-corrected chi connectivity index (χ1v) is 10.8. The topological polar surface area (TPSA) is 84.7 Å². The molecule has 0 saturated carbocycles. The van der Waals surface area contributed by atoms with Crippen LogP contribution in [0.2, 0.25) is 0 Å². The zero-order valence-corrected chi connectivity index (χ0v) is 17.9. The molecule has 0 aliphatic carbocycles. The highest BCUT2D eigenvalue weighted by Gasteiger charge is 2.33. The number of methoxy groups -OCH3 is 1. The van der Waals surface area contributed by atoms with Gasteiger partial charge in [0, 0.05) is 39.3 Å². The lowest BCUT2D eigenvalue weighted by Gasteiger charge is -2.33. The third-order valence-corrected chi connectivity index (χ3v) is 7.28. The average molecular weight is 419 g/mol. The van der Waals surface area contributed by atoms with E-state index in [4.69, 9.17) is 4.74 Å². The Hall–Kier alpha value is -2.65. The lowest BCUT2D eigenvalue weighted by atomic mass is 10.2. The summed E-state index contributed by atoms with van der Waals surface area (Å²) in [6.45, 7) is 4.67. The van der Waals surface area contributed by atoms with Gasteiger partial charge in [-0.3, -0.25) is 9.48 Å². The zero-order valence-electron chi connectivity index (χ0n) is 17.1. The van der Waals surface area contributed by atoms with Crippen LogP contribution in [0, 0.1) is 13.8 Å². The van der Waals surface area contributed by atoms with Crippen molar-refractivity contribution < 1.29 is 17.9 Å². The van der Waals surface area contributed by atoms with E-state index in [0.717, 1.165) is 11.3 Å². The van der Waals surface area contributed by atoms with Crippen molar-refractivity contribution in [1.29, 1.82) is 0 Å². The van der Waals surface area contributed by atoms with Crippen LogP contribution < -0.4 is 4.74 Å². The number of piperazine rings is 1. The summed E-state index contributed by atoms with van der Waals surface area (Å²) in [6.07, 6.45) is 3.26. The van der Waals surface area contributed by atoms with Crippen molar-refractivity contribution in [2.24, 2.45) is 7.05 Å². The third-order valence-electron chi connectivity index (χ3n) is 5.12. The first kappa shape index (κ1) is 21.1. The highest BCUT2D eigenvalue weighted by molar-refractivity contribution is 7.89. The zero-order chi connectivity index (χ0) is 21.2. The van der Waals surface area contributed by atoms with Gasteiger partial charge in [0.05, 0.1) is 18.5 Å². The molecule has 3 rings (SSSR count). The number of hydrogen-bond donors (Lipinski definition) is 0. The van der Waals surface area contributed by atoms with Crippen LogP contribution in [0.4, 0.5) is 0 Å². The number of aromatic nitrogens is 2. The van der Waals surface area contributed by atoms with Gasteiger partial charge in [0.25, 0.3) is 0 Å². The molecule has 0 N–H and O–H groups in total.